The van der Waals surface area contributed by atoms with Gasteiger partial charge in [-0.3, -0.25) is 4.79 Å². The van der Waals surface area contributed by atoms with Crippen molar-refractivity contribution in [3.63, 3.8) is 0 Å². The van der Waals surface area contributed by atoms with Crippen LogP contribution in [0.3, 0.4) is 0 Å². The zero-order valence-electron chi connectivity index (χ0n) is 12.8. The summed E-state index contributed by atoms with van der Waals surface area (Å²) in [5, 5.41) is 5.95. The Morgan fingerprint density at radius 1 is 1.32 bits per heavy atom. The lowest BCUT2D eigenvalue weighted by Gasteiger charge is -2.12. The fourth-order valence-electron chi connectivity index (χ4n) is 1.81. The normalized spacial score (nSPS) is 11.0. The van der Waals surface area contributed by atoms with Crippen molar-refractivity contribution in [2.24, 2.45) is 0 Å². The Morgan fingerprint density at radius 2 is 2.05 bits per heavy atom. The molecule has 2 aromatic heterocycles. The molecule has 1 unspecified atom stereocenters. The number of nitrogens with zero attached hydrogens (tertiary/aromatic N) is 1. The van der Waals surface area contributed by atoms with Crippen LogP contribution in [0.2, 0.25) is 0 Å². The van der Waals surface area contributed by atoms with Gasteiger partial charge in [0.25, 0.3) is 5.91 Å². The Balaban J connectivity index is 0.00000220. The summed E-state index contributed by atoms with van der Waals surface area (Å²) in [6.07, 6.45) is 1.60. The highest BCUT2D eigenvalue weighted by atomic mass is 35.5. The predicted molar refractivity (Wildman–Crippen MR) is 92.0 cm³/mol. The van der Waals surface area contributed by atoms with Crippen molar-refractivity contribution in [2.75, 3.05) is 13.6 Å². The van der Waals surface area contributed by atoms with E-state index in [0.717, 1.165) is 5.69 Å². The van der Waals surface area contributed by atoms with Crippen LogP contribution in [0.25, 0.3) is 11.5 Å². The van der Waals surface area contributed by atoms with Crippen LogP contribution in [-0.4, -0.2) is 30.5 Å². The zero-order chi connectivity index (χ0) is 14.5. The van der Waals surface area contributed by atoms with E-state index < -0.39 is 0 Å². The third kappa shape index (κ3) is 5.02. The Hall–Kier alpha value is -1.56. The molecule has 0 aliphatic rings. The molecule has 2 N–H and O–H groups in total. The zero-order valence-corrected chi connectivity index (χ0v) is 14.4. The van der Waals surface area contributed by atoms with Crippen LogP contribution in [0.5, 0.6) is 0 Å². The molecule has 2 aromatic rings. The van der Waals surface area contributed by atoms with Crippen molar-refractivity contribution in [3.05, 3.63) is 41.8 Å². The molecule has 0 bridgehead atoms. The SMILES string of the molecule is CNC(C)CNC(=O)c1ccc(-c2ccco2)nc1C.Cl.Cl. The molecule has 0 saturated carbocycles. The van der Waals surface area contributed by atoms with E-state index in [4.69, 9.17) is 4.42 Å². The second-order valence-corrected chi connectivity index (χ2v) is 4.71. The topological polar surface area (TPSA) is 67.2 Å². The number of hydrogen-bond donors (Lipinski definition) is 2. The summed E-state index contributed by atoms with van der Waals surface area (Å²) >= 11 is 0. The van der Waals surface area contributed by atoms with Gasteiger partial charge in [0.1, 0.15) is 5.69 Å². The van der Waals surface area contributed by atoms with Crippen molar-refractivity contribution >= 4 is 30.7 Å². The maximum absolute atomic E-state index is 12.1. The quantitative estimate of drug-likeness (QED) is 0.874. The van der Waals surface area contributed by atoms with Gasteiger partial charge in [0.05, 0.1) is 17.5 Å². The molecule has 2 heterocycles. The second kappa shape index (κ2) is 9.46. The third-order valence-electron chi connectivity index (χ3n) is 3.17. The summed E-state index contributed by atoms with van der Waals surface area (Å²) in [4.78, 5) is 16.5. The Kier molecular flexibility index (Phi) is 8.79. The van der Waals surface area contributed by atoms with Gasteiger partial charge in [0, 0.05) is 12.6 Å². The molecule has 0 aliphatic heterocycles. The largest absolute Gasteiger partial charge is 0.463 e. The number of likely N-dealkylation sites (N-methyl/N-ethyl adjacent to an activating group) is 1. The van der Waals surface area contributed by atoms with Gasteiger partial charge in [-0.1, -0.05) is 0 Å². The molecule has 0 radical (unpaired) electrons. The fourth-order valence-corrected chi connectivity index (χ4v) is 1.81. The molecule has 0 saturated heterocycles. The number of hydrogen-bond acceptors (Lipinski definition) is 4. The van der Waals surface area contributed by atoms with Crippen molar-refractivity contribution in [1.29, 1.82) is 0 Å². The van der Waals surface area contributed by atoms with E-state index in [1.54, 1.807) is 18.4 Å². The molecule has 7 heteroatoms. The van der Waals surface area contributed by atoms with Crippen LogP contribution >= 0.6 is 24.8 Å². The third-order valence-corrected chi connectivity index (χ3v) is 3.17. The van der Waals surface area contributed by atoms with Crippen molar-refractivity contribution in [2.45, 2.75) is 19.9 Å². The van der Waals surface area contributed by atoms with E-state index in [1.807, 2.05) is 33.0 Å². The summed E-state index contributed by atoms with van der Waals surface area (Å²) in [6.45, 7) is 4.41. The first kappa shape index (κ1) is 20.4. The van der Waals surface area contributed by atoms with E-state index in [0.29, 0.717) is 23.6 Å². The lowest BCUT2D eigenvalue weighted by atomic mass is 10.1. The monoisotopic (exact) mass is 345 g/mol. The maximum Gasteiger partial charge on any atom is 0.253 e. The molecule has 122 valence electrons. The van der Waals surface area contributed by atoms with Crippen LogP contribution in [0.15, 0.2) is 34.9 Å². The first-order chi connectivity index (χ1) is 9.61. The molecular formula is C15H21Cl2N3O2. The van der Waals surface area contributed by atoms with Crippen LogP contribution in [0.1, 0.15) is 23.0 Å². The lowest BCUT2D eigenvalue weighted by Crippen LogP contribution is -2.37. The molecular weight excluding hydrogens is 325 g/mol. The van der Waals surface area contributed by atoms with E-state index in [1.165, 1.54) is 0 Å². The number of halogens is 2. The van der Waals surface area contributed by atoms with E-state index in [-0.39, 0.29) is 36.8 Å². The van der Waals surface area contributed by atoms with Gasteiger partial charge in [0.2, 0.25) is 0 Å². The van der Waals surface area contributed by atoms with Crippen molar-refractivity contribution in [1.82, 2.24) is 15.6 Å². The first-order valence-electron chi connectivity index (χ1n) is 6.59. The van der Waals surface area contributed by atoms with E-state index >= 15 is 0 Å². The van der Waals surface area contributed by atoms with Crippen LogP contribution < -0.4 is 10.6 Å². The molecule has 1 amide bonds. The van der Waals surface area contributed by atoms with Gasteiger partial charge in [-0.2, -0.15) is 0 Å². The number of amides is 1. The standard InChI is InChI=1S/C15H19N3O2.2ClH/c1-10(16-3)9-17-15(19)12-6-7-13(18-11(12)2)14-5-4-8-20-14;;/h4-8,10,16H,9H2,1-3H3,(H,17,19);2*1H. The summed E-state index contributed by atoms with van der Waals surface area (Å²) < 4.78 is 5.30. The first-order valence-corrected chi connectivity index (χ1v) is 6.59. The van der Waals surface area contributed by atoms with Crippen LogP contribution in [0.4, 0.5) is 0 Å². The summed E-state index contributed by atoms with van der Waals surface area (Å²) in [6, 6.07) is 7.46. The van der Waals surface area contributed by atoms with Gasteiger partial charge in [-0.05, 0) is 45.2 Å². The van der Waals surface area contributed by atoms with Gasteiger partial charge >= 0.3 is 0 Å². The minimum absolute atomic E-state index is 0. The van der Waals surface area contributed by atoms with Gasteiger partial charge in [-0.25, -0.2) is 4.98 Å². The highest BCUT2D eigenvalue weighted by Crippen LogP contribution is 2.19. The number of rotatable bonds is 5. The number of aromatic nitrogens is 1. The molecule has 1 atom stereocenters. The average Bonchev–Trinajstić information content (AvgIpc) is 2.98. The maximum atomic E-state index is 12.1. The Labute approximate surface area is 142 Å². The van der Waals surface area contributed by atoms with E-state index in [2.05, 4.69) is 15.6 Å². The summed E-state index contributed by atoms with van der Waals surface area (Å²) in [5.41, 5.74) is 2.00. The molecule has 5 nitrogen and oxygen atoms in total. The van der Waals surface area contributed by atoms with Gasteiger partial charge in [0.15, 0.2) is 5.76 Å². The second-order valence-electron chi connectivity index (χ2n) is 4.71. The average molecular weight is 346 g/mol. The number of nitrogens with one attached hydrogen (secondary N) is 2. The van der Waals surface area contributed by atoms with E-state index in [9.17, 15) is 4.79 Å². The minimum atomic E-state index is -0.108. The molecule has 0 aliphatic carbocycles. The number of pyridine rings is 1. The smallest absolute Gasteiger partial charge is 0.253 e. The van der Waals surface area contributed by atoms with Crippen LogP contribution in [0, 0.1) is 6.92 Å². The fraction of sp³-hybridized carbons (Fsp3) is 0.333. The van der Waals surface area contributed by atoms with Crippen molar-refractivity contribution in [3.8, 4) is 11.5 Å². The van der Waals surface area contributed by atoms with Gasteiger partial charge < -0.3 is 15.1 Å². The van der Waals surface area contributed by atoms with Crippen molar-refractivity contribution < 1.29 is 9.21 Å². The van der Waals surface area contributed by atoms with Crippen LogP contribution in [-0.2, 0) is 0 Å². The number of furan rings is 1. The lowest BCUT2D eigenvalue weighted by molar-refractivity contribution is 0.0949. The Bertz CT molecular complexity index is 588. The summed E-state index contributed by atoms with van der Waals surface area (Å²) in [7, 11) is 1.86. The molecule has 2 rings (SSSR count). The van der Waals surface area contributed by atoms with Gasteiger partial charge in [-0.15, -0.1) is 24.8 Å². The molecule has 0 fully saturated rings. The summed E-state index contributed by atoms with van der Waals surface area (Å²) in [5.74, 6) is 0.590. The highest BCUT2D eigenvalue weighted by Gasteiger charge is 2.12. The Morgan fingerprint density at radius 3 is 2.59 bits per heavy atom. The highest BCUT2D eigenvalue weighted by molar-refractivity contribution is 5.95. The number of carbonyl (C=O) groups is 1. The number of aryl methyl sites for hydroxylation is 1. The number of carbonyl (C=O) groups excluding carboxylic acids is 1. The molecule has 22 heavy (non-hydrogen) atoms. The molecule has 0 aromatic carbocycles. The minimum Gasteiger partial charge on any atom is -0.463 e. The predicted octanol–water partition coefficient (Wildman–Crippen LogP) is 2.83. The molecule has 0 spiro atoms.